The number of aromatic nitrogens is 4. The number of nitrogens with zero attached hydrogens (tertiary/aromatic N) is 8. The van der Waals surface area contributed by atoms with Crippen LogP contribution in [0.25, 0.3) is 22.3 Å². The average Bonchev–Trinajstić information content (AvgIpc) is 3.77. The summed E-state index contributed by atoms with van der Waals surface area (Å²) in [7, 11) is 0. The Kier molecular flexibility index (Phi) is 10.1. The Morgan fingerprint density at radius 1 is 0.831 bits per heavy atom. The SMILES string of the molecule is Nc1ncnc2c1c(-c1ccc(Oc3ccccc3)cc1)nn2C1CCN(C(=O)NCCN2CCN(c3ccc4c(c3)C(=O)N(C3CCC(=O)NC3=O)C4=O)CC2)CC1. The number of benzene rings is 3. The van der Waals surface area contributed by atoms with Crippen LogP contribution in [0.15, 0.2) is 79.1 Å². The van der Waals surface area contributed by atoms with Crippen LogP contribution in [-0.4, -0.2) is 123 Å². The van der Waals surface area contributed by atoms with Crippen molar-refractivity contribution in [3.63, 3.8) is 0 Å². The third-order valence-corrected chi connectivity index (χ3v) is 11.6. The van der Waals surface area contributed by atoms with Gasteiger partial charge in [-0.3, -0.25) is 34.3 Å². The predicted molar refractivity (Wildman–Crippen MR) is 217 cm³/mol. The fraction of sp³-hybridized carbons (Fsp3) is 0.333. The Labute approximate surface area is 339 Å². The van der Waals surface area contributed by atoms with Crippen LogP contribution >= 0.6 is 0 Å². The van der Waals surface area contributed by atoms with Crippen molar-refractivity contribution in [2.75, 3.05) is 63.0 Å². The second-order valence-corrected chi connectivity index (χ2v) is 15.1. The third-order valence-electron chi connectivity index (χ3n) is 11.6. The Bertz CT molecular complexity index is 2440. The number of likely N-dealkylation sites (tertiary alicyclic amines) is 1. The Morgan fingerprint density at radius 2 is 1.56 bits per heavy atom. The van der Waals surface area contributed by atoms with Crippen LogP contribution in [-0.2, 0) is 9.59 Å². The molecule has 4 aliphatic heterocycles. The highest BCUT2D eigenvalue weighted by Crippen LogP contribution is 2.36. The van der Waals surface area contributed by atoms with Crippen molar-refractivity contribution in [2.45, 2.75) is 37.8 Å². The molecular formula is C42H43N11O6. The first-order chi connectivity index (χ1) is 28.7. The number of hydrogen-bond acceptors (Lipinski definition) is 12. The number of ether oxygens (including phenoxy) is 1. The number of urea groups is 1. The number of carbonyl (C=O) groups is 5. The molecule has 0 bridgehead atoms. The smallest absolute Gasteiger partial charge is 0.317 e. The van der Waals surface area contributed by atoms with Crippen LogP contribution in [0.2, 0.25) is 0 Å². The van der Waals surface area contributed by atoms with Gasteiger partial charge in [0, 0.05) is 70.0 Å². The Hall–Kier alpha value is -6.88. The molecule has 1 atom stereocenters. The van der Waals surface area contributed by atoms with Crippen LogP contribution in [0.5, 0.6) is 11.5 Å². The summed E-state index contributed by atoms with van der Waals surface area (Å²) in [4.78, 5) is 79.8. The number of nitrogen functional groups attached to an aromatic ring is 1. The highest BCUT2D eigenvalue weighted by Gasteiger charge is 2.45. The number of nitrogens with one attached hydrogen (secondary N) is 2. The average molecular weight is 798 g/mol. The zero-order valence-electron chi connectivity index (χ0n) is 32.3. The summed E-state index contributed by atoms with van der Waals surface area (Å²) in [5, 5.41) is 11.0. The van der Waals surface area contributed by atoms with Gasteiger partial charge in [0.05, 0.1) is 22.6 Å². The molecule has 9 rings (SSSR count). The lowest BCUT2D eigenvalue weighted by molar-refractivity contribution is -0.136. The molecule has 3 aromatic carbocycles. The zero-order chi connectivity index (χ0) is 40.6. The van der Waals surface area contributed by atoms with E-state index in [1.54, 1.807) is 12.1 Å². The molecule has 2 aromatic heterocycles. The van der Waals surface area contributed by atoms with Crippen molar-refractivity contribution in [3.05, 3.63) is 90.3 Å². The molecule has 0 saturated carbocycles. The van der Waals surface area contributed by atoms with Crippen molar-refractivity contribution in [3.8, 4) is 22.8 Å². The second-order valence-electron chi connectivity index (χ2n) is 15.1. The Morgan fingerprint density at radius 3 is 2.31 bits per heavy atom. The number of fused-ring (bicyclic) bond motifs is 2. The first-order valence-corrected chi connectivity index (χ1v) is 19.9. The van der Waals surface area contributed by atoms with E-state index < -0.39 is 29.7 Å². The minimum atomic E-state index is -0.996. The predicted octanol–water partition coefficient (Wildman–Crippen LogP) is 3.44. The summed E-state index contributed by atoms with van der Waals surface area (Å²) in [6, 6.07) is 21.4. The minimum absolute atomic E-state index is 0.0233. The van der Waals surface area contributed by atoms with Crippen LogP contribution in [0.4, 0.5) is 16.3 Å². The molecule has 0 radical (unpaired) electrons. The number of hydrogen-bond donors (Lipinski definition) is 3. The van der Waals surface area contributed by atoms with Gasteiger partial charge in [0.25, 0.3) is 11.8 Å². The number of rotatable bonds is 9. The van der Waals surface area contributed by atoms with Gasteiger partial charge in [0.1, 0.15) is 35.4 Å². The summed E-state index contributed by atoms with van der Waals surface area (Å²) in [6.07, 6.45) is 3.06. The van der Waals surface area contributed by atoms with E-state index in [1.807, 2.05) is 70.2 Å². The maximum Gasteiger partial charge on any atom is 0.317 e. The number of piperidine rings is 2. The van der Waals surface area contributed by atoms with Gasteiger partial charge < -0.3 is 25.6 Å². The van der Waals surface area contributed by atoms with E-state index in [1.165, 1.54) is 6.33 Å². The van der Waals surface area contributed by atoms with Gasteiger partial charge in [-0.05, 0) is 73.9 Å². The summed E-state index contributed by atoms with van der Waals surface area (Å²) in [5.41, 5.74) is 9.97. The van der Waals surface area contributed by atoms with Gasteiger partial charge in [-0.15, -0.1) is 0 Å². The topological polar surface area (TPSA) is 201 Å². The van der Waals surface area contributed by atoms with Crippen LogP contribution < -0.4 is 26.0 Å². The zero-order valence-corrected chi connectivity index (χ0v) is 32.3. The van der Waals surface area contributed by atoms with E-state index in [-0.39, 0.29) is 36.0 Å². The number of para-hydroxylation sites is 1. The molecular weight excluding hydrogens is 755 g/mol. The molecule has 59 heavy (non-hydrogen) atoms. The first-order valence-electron chi connectivity index (χ1n) is 19.9. The molecule has 17 heteroatoms. The number of imide groups is 2. The van der Waals surface area contributed by atoms with Crippen molar-refractivity contribution >= 4 is 52.2 Å². The maximum atomic E-state index is 13.3. The van der Waals surface area contributed by atoms with Crippen molar-refractivity contribution < 1.29 is 28.7 Å². The highest BCUT2D eigenvalue weighted by atomic mass is 16.5. The van der Waals surface area contributed by atoms with Gasteiger partial charge in [-0.1, -0.05) is 18.2 Å². The van der Waals surface area contributed by atoms with Crippen LogP contribution in [0.3, 0.4) is 0 Å². The van der Waals surface area contributed by atoms with E-state index >= 15 is 0 Å². The molecule has 4 aliphatic rings. The lowest BCUT2D eigenvalue weighted by atomic mass is 10.0. The molecule has 302 valence electrons. The fourth-order valence-corrected chi connectivity index (χ4v) is 8.39. The summed E-state index contributed by atoms with van der Waals surface area (Å²) in [5.74, 6) is -0.254. The molecule has 6 amide bonds. The number of anilines is 2. The van der Waals surface area contributed by atoms with Crippen molar-refractivity contribution in [1.29, 1.82) is 0 Å². The van der Waals surface area contributed by atoms with Crippen molar-refractivity contribution in [1.82, 2.24) is 45.1 Å². The summed E-state index contributed by atoms with van der Waals surface area (Å²) >= 11 is 0. The number of amides is 6. The minimum Gasteiger partial charge on any atom is -0.457 e. The maximum absolute atomic E-state index is 13.3. The lowest BCUT2D eigenvalue weighted by Gasteiger charge is -2.36. The quantitative estimate of drug-likeness (QED) is 0.184. The number of carbonyl (C=O) groups excluding carboxylic acids is 5. The first kappa shape index (κ1) is 37.7. The molecule has 1 unspecified atom stereocenters. The largest absolute Gasteiger partial charge is 0.457 e. The van der Waals surface area contributed by atoms with Gasteiger partial charge in [0.15, 0.2) is 5.65 Å². The van der Waals surface area contributed by atoms with Crippen LogP contribution in [0, 0.1) is 0 Å². The van der Waals surface area contributed by atoms with Gasteiger partial charge in [-0.25, -0.2) is 19.4 Å². The summed E-state index contributed by atoms with van der Waals surface area (Å²) in [6.45, 7) is 5.25. The molecule has 3 saturated heterocycles. The highest BCUT2D eigenvalue weighted by molar-refractivity contribution is 6.23. The third kappa shape index (κ3) is 7.40. The normalized spacial score (nSPS) is 19.0. The number of nitrogens with two attached hydrogens (primary N) is 1. The number of piperazine rings is 1. The van der Waals surface area contributed by atoms with E-state index in [0.29, 0.717) is 80.4 Å². The van der Waals surface area contributed by atoms with Gasteiger partial charge >= 0.3 is 6.03 Å². The standard InChI is InChI=1S/C42H43N11O6/c43-37-35-36(26-6-9-30(10-7-26)59-29-4-2-1-3-5-29)48-53(38(35)46-25-45-37)27-14-17-51(18-15-27)42(58)44-16-19-49-20-22-50(23-21-49)28-8-11-31-32(24-28)41(57)52(40(31)56)33-12-13-34(54)47-39(33)55/h1-11,24-25,27,33H,12-23H2,(H,44,58)(H2,43,45,46)(H,47,54,55). The Balaban J connectivity index is 0.754. The summed E-state index contributed by atoms with van der Waals surface area (Å²) < 4.78 is 7.91. The van der Waals surface area contributed by atoms with Crippen molar-refractivity contribution in [2.24, 2.45) is 0 Å². The molecule has 0 spiro atoms. The lowest BCUT2D eigenvalue weighted by Crippen LogP contribution is -2.54. The monoisotopic (exact) mass is 797 g/mol. The molecule has 17 nitrogen and oxygen atoms in total. The fourth-order valence-electron chi connectivity index (χ4n) is 8.39. The van der Waals surface area contributed by atoms with E-state index in [9.17, 15) is 24.0 Å². The van der Waals surface area contributed by atoms with E-state index in [2.05, 4.69) is 30.4 Å². The molecule has 3 fully saturated rings. The second kappa shape index (κ2) is 15.8. The molecule has 6 heterocycles. The van der Waals surface area contributed by atoms with Gasteiger partial charge in [0.2, 0.25) is 11.8 Å². The van der Waals surface area contributed by atoms with Gasteiger partial charge in [-0.2, -0.15) is 5.10 Å². The van der Waals surface area contributed by atoms with E-state index in [0.717, 1.165) is 35.0 Å². The molecule has 0 aliphatic carbocycles. The molecule has 4 N–H and O–H groups in total. The van der Waals surface area contributed by atoms with Crippen LogP contribution in [0.1, 0.15) is 52.4 Å². The molecule has 5 aromatic rings. The van der Waals surface area contributed by atoms with E-state index in [4.69, 9.17) is 15.6 Å².